The van der Waals surface area contributed by atoms with Gasteiger partial charge in [-0.3, -0.25) is 4.79 Å². The lowest BCUT2D eigenvalue weighted by atomic mass is 10.0. The van der Waals surface area contributed by atoms with E-state index in [9.17, 15) is 4.79 Å². The van der Waals surface area contributed by atoms with Crippen molar-refractivity contribution in [1.29, 1.82) is 0 Å². The van der Waals surface area contributed by atoms with E-state index in [1.165, 1.54) is 5.56 Å². The molecule has 0 spiro atoms. The van der Waals surface area contributed by atoms with E-state index in [1.807, 2.05) is 25.2 Å². The van der Waals surface area contributed by atoms with Gasteiger partial charge >= 0.3 is 0 Å². The molecule has 1 aromatic carbocycles. The Balaban J connectivity index is 2.85. The van der Waals surface area contributed by atoms with E-state index in [0.29, 0.717) is 11.8 Å². The van der Waals surface area contributed by atoms with Gasteiger partial charge < -0.3 is 4.90 Å². The molecule has 94 valence electrons. The molecule has 2 heteroatoms. The maximum atomic E-state index is 12.2. The summed E-state index contributed by atoms with van der Waals surface area (Å²) in [6.07, 6.45) is 0. The van der Waals surface area contributed by atoms with Crippen molar-refractivity contribution in [2.24, 2.45) is 5.92 Å². The van der Waals surface area contributed by atoms with E-state index in [-0.39, 0.29) is 5.91 Å². The van der Waals surface area contributed by atoms with Gasteiger partial charge in [-0.05, 0) is 29.5 Å². The van der Waals surface area contributed by atoms with Crippen molar-refractivity contribution in [3.8, 4) is 0 Å². The molecule has 0 heterocycles. The Bertz CT molecular complexity index is 382. The predicted molar refractivity (Wildman–Crippen MR) is 72.3 cm³/mol. The van der Waals surface area contributed by atoms with E-state index in [0.717, 1.165) is 12.1 Å². The first-order valence-corrected chi connectivity index (χ1v) is 6.27. The number of carbonyl (C=O) groups is 1. The second-order valence-electron chi connectivity index (χ2n) is 5.36. The normalized spacial score (nSPS) is 11.0. The van der Waals surface area contributed by atoms with Gasteiger partial charge in [0, 0.05) is 19.2 Å². The molecule has 0 radical (unpaired) electrons. The third-order valence-electron chi connectivity index (χ3n) is 2.79. The van der Waals surface area contributed by atoms with Gasteiger partial charge in [0.1, 0.15) is 0 Å². The molecule has 0 fully saturated rings. The van der Waals surface area contributed by atoms with Gasteiger partial charge in [0.15, 0.2) is 0 Å². The maximum absolute atomic E-state index is 12.2. The summed E-state index contributed by atoms with van der Waals surface area (Å²) in [6.45, 7) is 9.32. The molecule has 0 saturated carbocycles. The maximum Gasteiger partial charge on any atom is 0.253 e. The van der Waals surface area contributed by atoms with Crippen LogP contribution in [-0.2, 0) is 0 Å². The Morgan fingerprint density at radius 2 is 1.88 bits per heavy atom. The van der Waals surface area contributed by atoms with Crippen LogP contribution in [0.25, 0.3) is 0 Å². The molecule has 0 aromatic heterocycles. The summed E-state index contributed by atoms with van der Waals surface area (Å²) in [4.78, 5) is 14.0. The fourth-order valence-corrected chi connectivity index (χ4v) is 1.88. The zero-order valence-electron chi connectivity index (χ0n) is 11.5. The van der Waals surface area contributed by atoms with Crippen molar-refractivity contribution >= 4 is 5.91 Å². The average Bonchev–Trinajstić information content (AvgIpc) is 2.27. The highest BCUT2D eigenvalue weighted by atomic mass is 16.2. The molecule has 17 heavy (non-hydrogen) atoms. The Morgan fingerprint density at radius 1 is 1.24 bits per heavy atom. The highest BCUT2D eigenvalue weighted by molar-refractivity contribution is 5.94. The van der Waals surface area contributed by atoms with Crippen molar-refractivity contribution in [3.63, 3.8) is 0 Å². The van der Waals surface area contributed by atoms with Gasteiger partial charge in [0.25, 0.3) is 5.91 Å². The van der Waals surface area contributed by atoms with Crippen molar-refractivity contribution in [2.45, 2.75) is 33.6 Å². The van der Waals surface area contributed by atoms with Crippen LogP contribution in [0.3, 0.4) is 0 Å². The molecule has 0 saturated heterocycles. The second-order valence-corrected chi connectivity index (χ2v) is 5.36. The Hall–Kier alpha value is -1.31. The third-order valence-corrected chi connectivity index (χ3v) is 2.79. The molecule has 1 amide bonds. The predicted octanol–water partition coefficient (Wildman–Crippen LogP) is 3.54. The molecule has 0 unspecified atom stereocenters. The fourth-order valence-electron chi connectivity index (χ4n) is 1.88. The van der Waals surface area contributed by atoms with E-state index >= 15 is 0 Å². The second kappa shape index (κ2) is 5.85. The molecule has 0 N–H and O–H groups in total. The highest BCUT2D eigenvalue weighted by Gasteiger charge is 2.13. The summed E-state index contributed by atoms with van der Waals surface area (Å²) in [5, 5.41) is 0. The molecule has 1 aromatic rings. The number of benzene rings is 1. The zero-order chi connectivity index (χ0) is 13.0. The van der Waals surface area contributed by atoms with Crippen LogP contribution < -0.4 is 0 Å². The molecular formula is C15H23NO. The van der Waals surface area contributed by atoms with E-state index in [2.05, 4.69) is 33.8 Å². The van der Waals surface area contributed by atoms with Crippen molar-refractivity contribution in [3.05, 3.63) is 35.4 Å². The molecule has 0 aliphatic rings. The lowest BCUT2D eigenvalue weighted by molar-refractivity contribution is 0.0779. The highest BCUT2D eigenvalue weighted by Crippen LogP contribution is 2.16. The number of hydrogen-bond acceptors (Lipinski definition) is 1. The first kappa shape index (κ1) is 13.8. The molecule has 1 rings (SSSR count). The van der Waals surface area contributed by atoms with Crippen LogP contribution in [0.1, 0.15) is 49.5 Å². The van der Waals surface area contributed by atoms with Crippen molar-refractivity contribution < 1.29 is 4.79 Å². The Kier molecular flexibility index (Phi) is 4.73. The van der Waals surface area contributed by atoms with Crippen LogP contribution in [0.4, 0.5) is 0 Å². The van der Waals surface area contributed by atoms with Gasteiger partial charge in [-0.15, -0.1) is 0 Å². The van der Waals surface area contributed by atoms with Gasteiger partial charge in [0.05, 0.1) is 0 Å². The van der Waals surface area contributed by atoms with Crippen LogP contribution in [0.15, 0.2) is 24.3 Å². The summed E-state index contributed by atoms with van der Waals surface area (Å²) in [7, 11) is 1.87. The van der Waals surface area contributed by atoms with Crippen LogP contribution >= 0.6 is 0 Å². The largest absolute Gasteiger partial charge is 0.341 e. The summed E-state index contributed by atoms with van der Waals surface area (Å²) >= 11 is 0. The van der Waals surface area contributed by atoms with Crippen LogP contribution in [-0.4, -0.2) is 24.4 Å². The van der Waals surface area contributed by atoms with E-state index in [1.54, 1.807) is 4.90 Å². The minimum absolute atomic E-state index is 0.112. The number of nitrogens with zero attached hydrogens (tertiary/aromatic N) is 1. The minimum atomic E-state index is 0.112. The quantitative estimate of drug-likeness (QED) is 0.779. The van der Waals surface area contributed by atoms with E-state index in [4.69, 9.17) is 0 Å². The Labute approximate surface area is 105 Å². The third kappa shape index (κ3) is 3.88. The van der Waals surface area contributed by atoms with Gasteiger partial charge in [0.2, 0.25) is 0 Å². The van der Waals surface area contributed by atoms with Gasteiger partial charge in [-0.2, -0.15) is 0 Å². The fraction of sp³-hybridized carbons (Fsp3) is 0.533. The van der Waals surface area contributed by atoms with Gasteiger partial charge in [-0.25, -0.2) is 0 Å². The summed E-state index contributed by atoms with van der Waals surface area (Å²) in [5.41, 5.74) is 2.01. The summed E-state index contributed by atoms with van der Waals surface area (Å²) in [6, 6.07) is 7.94. The Morgan fingerprint density at radius 3 is 2.41 bits per heavy atom. The summed E-state index contributed by atoms with van der Waals surface area (Å²) < 4.78 is 0. The molecule has 0 aliphatic carbocycles. The first-order chi connectivity index (χ1) is 7.91. The minimum Gasteiger partial charge on any atom is -0.341 e. The lowest BCUT2D eigenvalue weighted by Gasteiger charge is -2.20. The first-order valence-electron chi connectivity index (χ1n) is 6.27. The smallest absolute Gasteiger partial charge is 0.253 e. The monoisotopic (exact) mass is 233 g/mol. The summed E-state index contributed by atoms with van der Waals surface area (Å²) in [5.74, 6) is 1.07. The molecular weight excluding hydrogens is 210 g/mol. The van der Waals surface area contributed by atoms with Crippen molar-refractivity contribution in [1.82, 2.24) is 4.90 Å². The standard InChI is InChI=1S/C15H23NO/c1-11(2)10-16(5)15(17)14-8-6-7-13(9-14)12(3)4/h6-9,11-12H,10H2,1-5H3. The van der Waals surface area contributed by atoms with E-state index < -0.39 is 0 Å². The van der Waals surface area contributed by atoms with Crippen LogP contribution in [0.5, 0.6) is 0 Å². The van der Waals surface area contributed by atoms with Crippen molar-refractivity contribution in [2.75, 3.05) is 13.6 Å². The number of hydrogen-bond donors (Lipinski definition) is 0. The van der Waals surface area contributed by atoms with Crippen LogP contribution in [0, 0.1) is 5.92 Å². The molecule has 0 atom stereocenters. The topological polar surface area (TPSA) is 20.3 Å². The molecule has 0 aliphatic heterocycles. The van der Waals surface area contributed by atoms with Crippen LogP contribution in [0.2, 0.25) is 0 Å². The molecule has 0 bridgehead atoms. The number of rotatable bonds is 4. The van der Waals surface area contributed by atoms with Gasteiger partial charge in [-0.1, -0.05) is 39.8 Å². The number of carbonyl (C=O) groups excluding carboxylic acids is 1. The zero-order valence-corrected chi connectivity index (χ0v) is 11.5. The lowest BCUT2D eigenvalue weighted by Crippen LogP contribution is -2.30. The SMILES string of the molecule is CC(C)CN(C)C(=O)c1cccc(C(C)C)c1. The molecule has 2 nitrogen and oxygen atoms in total. The average molecular weight is 233 g/mol. The number of amides is 1.